The molecule has 3 heteroatoms. The highest BCUT2D eigenvalue weighted by Crippen LogP contribution is 2.22. The summed E-state index contributed by atoms with van der Waals surface area (Å²) in [5, 5.41) is 0. The van der Waals surface area contributed by atoms with Gasteiger partial charge >= 0.3 is 0 Å². The minimum Gasteiger partial charge on any atom is -0.324 e. The quantitative estimate of drug-likeness (QED) is 0.828. The molecule has 0 fully saturated rings. The second-order valence-corrected chi connectivity index (χ2v) is 5.74. The molecular formula is C16H18FNS. The van der Waals surface area contributed by atoms with Crippen molar-refractivity contribution in [2.75, 3.05) is 5.75 Å². The first-order valence-electron chi connectivity index (χ1n) is 6.42. The van der Waals surface area contributed by atoms with Gasteiger partial charge in [0.05, 0.1) is 0 Å². The summed E-state index contributed by atoms with van der Waals surface area (Å²) >= 11 is 1.80. The largest absolute Gasteiger partial charge is 0.324 e. The molecule has 0 saturated carbocycles. The van der Waals surface area contributed by atoms with Gasteiger partial charge in [0, 0.05) is 10.9 Å². The van der Waals surface area contributed by atoms with Crippen LogP contribution < -0.4 is 5.73 Å². The number of hydrogen-bond acceptors (Lipinski definition) is 2. The number of thioether (sulfide) groups is 1. The van der Waals surface area contributed by atoms with Gasteiger partial charge in [0.2, 0.25) is 0 Å². The van der Waals surface area contributed by atoms with Gasteiger partial charge in [-0.1, -0.05) is 37.3 Å². The van der Waals surface area contributed by atoms with Gasteiger partial charge < -0.3 is 5.73 Å². The van der Waals surface area contributed by atoms with Gasteiger partial charge in [0.1, 0.15) is 5.82 Å². The van der Waals surface area contributed by atoms with E-state index in [2.05, 4.69) is 19.1 Å². The van der Waals surface area contributed by atoms with Crippen molar-refractivity contribution in [3.8, 4) is 0 Å². The van der Waals surface area contributed by atoms with Crippen molar-refractivity contribution >= 4 is 11.8 Å². The van der Waals surface area contributed by atoms with Crippen LogP contribution in [0.4, 0.5) is 4.39 Å². The standard InChI is InChI=1S/C16H18FNS/c1-2-19-14-9-7-12(8-10-14)16(18)11-13-5-3-4-6-15(13)17/h3-10,16H,2,11,18H2,1H3. The Morgan fingerprint density at radius 1 is 1.11 bits per heavy atom. The SMILES string of the molecule is CCSc1ccc(C(N)Cc2ccccc2F)cc1. The highest BCUT2D eigenvalue weighted by Gasteiger charge is 2.10. The van der Waals surface area contributed by atoms with Crippen molar-refractivity contribution < 1.29 is 4.39 Å². The summed E-state index contributed by atoms with van der Waals surface area (Å²) < 4.78 is 13.6. The Morgan fingerprint density at radius 3 is 2.42 bits per heavy atom. The van der Waals surface area contributed by atoms with Crippen molar-refractivity contribution in [1.82, 2.24) is 0 Å². The van der Waals surface area contributed by atoms with Crippen molar-refractivity contribution in [3.63, 3.8) is 0 Å². The smallest absolute Gasteiger partial charge is 0.126 e. The van der Waals surface area contributed by atoms with Gasteiger partial charge in [-0.05, 0) is 41.5 Å². The van der Waals surface area contributed by atoms with Gasteiger partial charge in [-0.3, -0.25) is 0 Å². The molecule has 0 heterocycles. The Bertz CT molecular complexity index is 525. The third kappa shape index (κ3) is 3.82. The van der Waals surface area contributed by atoms with Crippen LogP contribution in [0.1, 0.15) is 24.1 Å². The van der Waals surface area contributed by atoms with Gasteiger partial charge in [-0.15, -0.1) is 11.8 Å². The number of benzene rings is 2. The first kappa shape index (κ1) is 14.1. The molecule has 0 aliphatic rings. The van der Waals surface area contributed by atoms with Crippen LogP contribution in [0.2, 0.25) is 0 Å². The molecule has 0 amide bonds. The summed E-state index contributed by atoms with van der Waals surface area (Å²) in [6.45, 7) is 2.13. The van der Waals surface area contributed by atoms with E-state index in [9.17, 15) is 4.39 Å². The van der Waals surface area contributed by atoms with E-state index in [0.717, 1.165) is 11.3 Å². The molecule has 1 nitrogen and oxygen atoms in total. The summed E-state index contributed by atoms with van der Waals surface area (Å²) in [7, 11) is 0. The minimum absolute atomic E-state index is 0.169. The van der Waals surface area contributed by atoms with E-state index in [1.807, 2.05) is 18.2 Å². The lowest BCUT2D eigenvalue weighted by Gasteiger charge is -2.13. The molecule has 0 aliphatic heterocycles. The summed E-state index contributed by atoms with van der Waals surface area (Å²) in [4.78, 5) is 1.24. The predicted octanol–water partition coefficient (Wildman–Crippen LogP) is 4.18. The second kappa shape index (κ2) is 6.73. The van der Waals surface area contributed by atoms with Crippen molar-refractivity contribution in [2.45, 2.75) is 24.3 Å². The molecule has 100 valence electrons. The van der Waals surface area contributed by atoms with Crippen LogP contribution in [0.15, 0.2) is 53.4 Å². The molecule has 2 N–H and O–H groups in total. The third-order valence-electron chi connectivity index (χ3n) is 3.02. The summed E-state index contributed by atoms with van der Waals surface area (Å²) in [5.41, 5.74) is 7.86. The van der Waals surface area contributed by atoms with Crippen LogP contribution in [0.5, 0.6) is 0 Å². The molecule has 0 radical (unpaired) electrons. The van der Waals surface area contributed by atoms with E-state index in [4.69, 9.17) is 5.73 Å². The van der Waals surface area contributed by atoms with Gasteiger partial charge in [0.15, 0.2) is 0 Å². The van der Waals surface area contributed by atoms with Gasteiger partial charge in [-0.2, -0.15) is 0 Å². The molecular weight excluding hydrogens is 257 g/mol. The Balaban J connectivity index is 2.07. The summed E-state index contributed by atoms with van der Waals surface area (Å²) in [6.07, 6.45) is 0.521. The average Bonchev–Trinajstić information content (AvgIpc) is 2.42. The predicted molar refractivity (Wildman–Crippen MR) is 79.9 cm³/mol. The van der Waals surface area contributed by atoms with Crippen molar-refractivity contribution in [1.29, 1.82) is 0 Å². The molecule has 1 atom stereocenters. The van der Waals surface area contributed by atoms with E-state index >= 15 is 0 Å². The average molecular weight is 275 g/mol. The fourth-order valence-electron chi connectivity index (χ4n) is 2.00. The lowest BCUT2D eigenvalue weighted by Crippen LogP contribution is -2.14. The molecule has 0 spiro atoms. The normalized spacial score (nSPS) is 12.4. The zero-order chi connectivity index (χ0) is 13.7. The molecule has 0 aliphatic carbocycles. The monoisotopic (exact) mass is 275 g/mol. The summed E-state index contributed by atoms with van der Waals surface area (Å²) in [6, 6.07) is 14.8. The Kier molecular flexibility index (Phi) is 5.00. The fraction of sp³-hybridized carbons (Fsp3) is 0.250. The zero-order valence-corrected chi connectivity index (χ0v) is 11.8. The van der Waals surface area contributed by atoms with Crippen LogP contribution >= 0.6 is 11.8 Å². The lowest BCUT2D eigenvalue weighted by atomic mass is 9.99. The first-order valence-corrected chi connectivity index (χ1v) is 7.41. The van der Waals surface area contributed by atoms with E-state index in [0.29, 0.717) is 12.0 Å². The van der Waals surface area contributed by atoms with Crippen LogP contribution in [-0.2, 0) is 6.42 Å². The third-order valence-corrected chi connectivity index (χ3v) is 3.91. The maximum atomic E-state index is 13.6. The topological polar surface area (TPSA) is 26.0 Å². The maximum absolute atomic E-state index is 13.6. The van der Waals surface area contributed by atoms with E-state index in [-0.39, 0.29) is 11.9 Å². The molecule has 19 heavy (non-hydrogen) atoms. The van der Waals surface area contributed by atoms with E-state index in [1.165, 1.54) is 11.0 Å². The summed E-state index contributed by atoms with van der Waals surface area (Å²) in [5.74, 6) is 0.872. The number of hydrogen-bond donors (Lipinski definition) is 1. The fourth-order valence-corrected chi connectivity index (χ4v) is 2.66. The highest BCUT2D eigenvalue weighted by atomic mass is 32.2. The van der Waals surface area contributed by atoms with Crippen LogP contribution in [0.25, 0.3) is 0 Å². The Hall–Kier alpha value is -1.32. The number of nitrogens with two attached hydrogens (primary N) is 1. The van der Waals surface area contributed by atoms with Crippen molar-refractivity contribution in [3.05, 3.63) is 65.5 Å². The first-order chi connectivity index (χ1) is 9.20. The molecule has 0 aromatic heterocycles. The molecule has 1 unspecified atom stereocenters. The zero-order valence-electron chi connectivity index (χ0n) is 11.0. The number of halogens is 1. The minimum atomic E-state index is -0.184. The van der Waals surface area contributed by atoms with Crippen LogP contribution in [0.3, 0.4) is 0 Å². The molecule has 2 rings (SSSR count). The van der Waals surface area contributed by atoms with E-state index in [1.54, 1.807) is 23.9 Å². The molecule has 0 bridgehead atoms. The van der Waals surface area contributed by atoms with Crippen LogP contribution in [-0.4, -0.2) is 5.75 Å². The lowest BCUT2D eigenvalue weighted by molar-refractivity contribution is 0.593. The highest BCUT2D eigenvalue weighted by molar-refractivity contribution is 7.99. The van der Waals surface area contributed by atoms with E-state index < -0.39 is 0 Å². The van der Waals surface area contributed by atoms with Gasteiger partial charge in [0.25, 0.3) is 0 Å². The molecule has 2 aromatic rings. The van der Waals surface area contributed by atoms with Crippen LogP contribution in [0, 0.1) is 5.82 Å². The molecule has 0 saturated heterocycles. The maximum Gasteiger partial charge on any atom is 0.126 e. The van der Waals surface area contributed by atoms with Gasteiger partial charge in [-0.25, -0.2) is 4.39 Å². The van der Waals surface area contributed by atoms with Crippen molar-refractivity contribution in [2.24, 2.45) is 5.73 Å². The second-order valence-electron chi connectivity index (χ2n) is 4.40. The molecule has 2 aromatic carbocycles. The Labute approximate surface area is 118 Å². The number of rotatable bonds is 5. The Morgan fingerprint density at radius 2 is 1.79 bits per heavy atom.